The minimum absolute atomic E-state index is 0.00644. The van der Waals surface area contributed by atoms with Gasteiger partial charge < -0.3 is 62.8 Å². The van der Waals surface area contributed by atoms with Crippen molar-refractivity contribution in [3.63, 3.8) is 0 Å². The van der Waals surface area contributed by atoms with Gasteiger partial charge >= 0.3 is 19.9 Å². The number of rotatable bonds is 21. The Labute approximate surface area is 370 Å². The highest BCUT2D eigenvalue weighted by atomic mass is 31.2. The molecule has 0 radical (unpaired) electrons. The van der Waals surface area contributed by atoms with E-state index in [1.165, 1.54) is 25.3 Å². The number of imidazole rings is 1. The molecule has 0 bridgehead atoms. The van der Waals surface area contributed by atoms with E-state index < -0.39 is 99.1 Å². The third kappa shape index (κ3) is 12.1. The maximum Gasteiger partial charge on any atom is 0.472 e. The van der Waals surface area contributed by atoms with Gasteiger partial charge in [-0.05, 0) is 37.6 Å². The molecule has 0 spiro atoms. The van der Waals surface area contributed by atoms with Crippen molar-refractivity contribution in [1.29, 1.82) is 0 Å². The second-order valence-corrected chi connectivity index (χ2v) is 16.0. The number of carboxylic acids is 1. The van der Waals surface area contributed by atoms with Gasteiger partial charge in [-0.15, -0.1) is 0 Å². The number of ether oxygens (including phenoxy) is 1. The molecule has 4 aromatic heterocycles. The Balaban J connectivity index is 0.890. The number of carbonyl (C=O) groups excluding carboxylic acids is 3. The molecular formula is C36H44FN14O14P. The first-order valence-corrected chi connectivity index (χ1v) is 21.2. The van der Waals surface area contributed by atoms with E-state index in [1.807, 2.05) is 0 Å². The lowest BCUT2D eigenvalue weighted by molar-refractivity contribution is -0.139. The van der Waals surface area contributed by atoms with Crippen LogP contribution in [0.25, 0.3) is 22.3 Å². The number of nitrogens with one attached hydrogen (secondary N) is 5. The largest absolute Gasteiger partial charge is 0.480 e. The van der Waals surface area contributed by atoms with Gasteiger partial charge in [-0.25, -0.2) is 24.3 Å². The summed E-state index contributed by atoms with van der Waals surface area (Å²) in [5.74, 6) is -3.88. The van der Waals surface area contributed by atoms with Crippen LogP contribution in [0.3, 0.4) is 0 Å². The van der Waals surface area contributed by atoms with Crippen LogP contribution in [0.4, 0.5) is 21.8 Å². The van der Waals surface area contributed by atoms with Gasteiger partial charge in [0.2, 0.25) is 17.8 Å². The number of carboxylic acid groups (broad SMARTS) is 1. The zero-order valence-electron chi connectivity index (χ0n) is 34.5. The highest BCUT2D eigenvalue weighted by Crippen LogP contribution is 2.46. The van der Waals surface area contributed by atoms with E-state index in [4.69, 9.17) is 25.3 Å². The van der Waals surface area contributed by atoms with Gasteiger partial charge in [0.1, 0.15) is 24.4 Å². The molecule has 66 heavy (non-hydrogen) atoms. The third-order valence-corrected chi connectivity index (χ3v) is 11.0. The number of aliphatic hydroxyl groups is 3. The van der Waals surface area contributed by atoms with Crippen LogP contribution >= 0.6 is 7.82 Å². The smallest absolute Gasteiger partial charge is 0.472 e. The van der Waals surface area contributed by atoms with E-state index in [9.17, 15) is 58.2 Å². The molecule has 5 heterocycles. The number of benzene rings is 1. The molecule has 5 aromatic rings. The summed E-state index contributed by atoms with van der Waals surface area (Å²) in [5, 5.41) is 51.0. The van der Waals surface area contributed by atoms with E-state index in [0.717, 1.165) is 10.9 Å². The number of aliphatic carboxylic acids is 1. The van der Waals surface area contributed by atoms with Crippen LogP contribution in [0.1, 0.15) is 48.5 Å². The summed E-state index contributed by atoms with van der Waals surface area (Å²) in [6.45, 7) is -0.409. The van der Waals surface area contributed by atoms with Crippen molar-refractivity contribution in [2.24, 2.45) is 0 Å². The van der Waals surface area contributed by atoms with Crippen molar-refractivity contribution in [1.82, 2.24) is 55.4 Å². The minimum atomic E-state index is -4.98. The number of fused-ring (bicyclic) bond motifs is 2. The molecule has 6 rings (SSSR count). The van der Waals surface area contributed by atoms with Gasteiger partial charge in [0.05, 0.1) is 50.1 Å². The number of amides is 3. The van der Waals surface area contributed by atoms with Crippen LogP contribution < -0.4 is 38.3 Å². The first-order chi connectivity index (χ1) is 31.3. The van der Waals surface area contributed by atoms with E-state index in [1.54, 1.807) is 12.1 Å². The van der Waals surface area contributed by atoms with Gasteiger partial charge in [-0.1, -0.05) is 0 Å². The summed E-state index contributed by atoms with van der Waals surface area (Å²) < 4.78 is 43.3. The molecular weight excluding hydrogens is 902 g/mol. The van der Waals surface area contributed by atoms with Crippen molar-refractivity contribution < 1.29 is 67.2 Å². The summed E-state index contributed by atoms with van der Waals surface area (Å²) in [4.78, 5) is 97.9. The number of nitrogen functional groups attached to an aromatic ring is 2. The number of anilines is 3. The number of aromatic nitrogens is 8. The third-order valence-electron chi connectivity index (χ3n) is 9.89. The highest BCUT2D eigenvalue weighted by molar-refractivity contribution is 7.47. The predicted octanol–water partition coefficient (Wildman–Crippen LogP) is -2.44. The summed E-state index contributed by atoms with van der Waals surface area (Å²) in [7, 11) is -4.98. The average Bonchev–Trinajstić information content (AvgIpc) is 3.81. The molecule has 30 heteroatoms. The number of hydrogen-bond acceptors (Lipinski definition) is 21. The number of nitrogens with two attached hydrogens (primary N) is 2. The molecule has 1 aliphatic rings. The number of phosphoric acid groups is 1. The maximum atomic E-state index is 13.8. The monoisotopic (exact) mass is 946 g/mol. The fraction of sp³-hybridized carbons (Fsp3) is 0.417. The average molecular weight is 947 g/mol. The lowest BCUT2D eigenvalue weighted by Crippen LogP contribution is -2.46. The van der Waals surface area contributed by atoms with Crippen LogP contribution in [0.2, 0.25) is 0 Å². The summed E-state index contributed by atoms with van der Waals surface area (Å²) in [6, 6.07) is 3.29. The van der Waals surface area contributed by atoms with E-state index in [0.29, 0.717) is 11.4 Å². The van der Waals surface area contributed by atoms with Crippen LogP contribution in [0.5, 0.6) is 0 Å². The molecule has 1 aliphatic heterocycles. The number of hydrogen-bond donors (Lipinski definition) is 12. The molecule has 5 unspecified atom stereocenters. The second kappa shape index (κ2) is 21.0. The molecule has 1 saturated heterocycles. The second-order valence-electron chi connectivity index (χ2n) is 14.6. The number of aliphatic hydroxyl groups excluding tert-OH is 3. The van der Waals surface area contributed by atoms with Gasteiger partial charge in [-0.3, -0.25) is 37.8 Å². The van der Waals surface area contributed by atoms with Gasteiger partial charge in [0.25, 0.3) is 11.5 Å². The number of H-pyrrole nitrogens is 1. The molecule has 0 aliphatic carbocycles. The fourth-order valence-corrected chi connectivity index (χ4v) is 7.40. The number of carbonyl (C=O) groups is 4. The van der Waals surface area contributed by atoms with Gasteiger partial charge in [0, 0.05) is 30.6 Å². The summed E-state index contributed by atoms with van der Waals surface area (Å²) in [5.41, 5.74) is 11.6. The lowest BCUT2D eigenvalue weighted by atomic mass is 10.1. The lowest BCUT2D eigenvalue weighted by Gasteiger charge is -2.26. The fourth-order valence-electron chi connectivity index (χ4n) is 6.43. The summed E-state index contributed by atoms with van der Waals surface area (Å²) in [6.07, 6.45) is -7.17. The van der Waals surface area contributed by atoms with Gasteiger partial charge in [0.15, 0.2) is 34.4 Å². The Hall–Kier alpha value is -6.85. The van der Waals surface area contributed by atoms with Crippen LogP contribution in [0.15, 0.2) is 41.6 Å². The first-order valence-electron chi connectivity index (χ1n) is 19.7. The first kappa shape index (κ1) is 48.6. The van der Waals surface area contributed by atoms with Crippen LogP contribution in [0, 0.1) is 6.08 Å². The Kier molecular flexibility index (Phi) is 15.4. The quantitative estimate of drug-likeness (QED) is 0.0268. The SMILES string of the molecule is CC(OP(=O)(O)OC[C@H]1O[C@@H](n2cnc3c(N)nc(F)nc32)C(O)[C@H]1O)C(CO)NC(=O)CCNC(=O)CCC(NC(=O)c1ccc(NCc2cnc3nc(N)[nH]c(=O)c3n2)cc1)C(=O)O. The van der Waals surface area contributed by atoms with E-state index in [-0.39, 0.29) is 72.0 Å². The van der Waals surface area contributed by atoms with Gasteiger partial charge in [-0.2, -0.15) is 19.3 Å². The Morgan fingerprint density at radius 3 is 2.47 bits per heavy atom. The molecule has 1 aromatic carbocycles. The molecule has 1 fully saturated rings. The molecule has 354 valence electrons. The number of halogens is 1. The van der Waals surface area contributed by atoms with Crippen molar-refractivity contribution in [3.05, 3.63) is 64.5 Å². The van der Waals surface area contributed by atoms with E-state index in [2.05, 4.69) is 56.2 Å². The van der Waals surface area contributed by atoms with Crippen molar-refractivity contribution in [2.45, 2.75) is 75.5 Å². The van der Waals surface area contributed by atoms with Crippen LogP contribution in [-0.2, 0) is 39.3 Å². The minimum Gasteiger partial charge on any atom is -0.480 e. The molecule has 3 amide bonds. The Morgan fingerprint density at radius 1 is 1.02 bits per heavy atom. The topological polar surface area (TPSA) is 429 Å². The highest BCUT2D eigenvalue weighted by Gasteiger charge is 2.46. The maximum absolute atomic E-state index is 13.8. The standard InChI is InChI=1S/C36H44FN14O14P/c1-15(65-66(61,62)63-13-21-26(55)27(56)33(64-21)51-14-43-24-28(38)47-35(37)49-30(24)51)20(12-52)45-23(54)8-9-40-22(53)7-6-19(34(59)60)46-31(57)16-2-4-17(5-3-16)41-10-18-11-42-29-25(44-18)32(58)50-36(39)48-29/h2-5,11,14-15,19-21,26-27,33,41,52,55-56H,6-10,12-13H2,1H3,(H,40,53)(H,45,54)(H,46,57)(H,59,60)(H,61,62)(H2,38,47,49)(H3,39,42,48,50,58)/t15?,19?,20?,21-,26+,27?,33-/m1/s1. The predicted molar refractivity (Wildman–Crippen MR) is 223 cm³/mol. The molecule has 14 N–H and O–H groups in total. The Morgan fingerprint density at radius 2 is 1.76 bits per heavy atom. The molecule has 0 saturated carbocycles. The molecule has 28 nitrogen and oxygen atoms in total. The van der Waals surface area contributed by atoms with Crippen molar-refractivity contribution >= 4 is 71.3 Å². The zero-order chi connectivity index (χ0) is 47.9. The Bertz CT molecular complexity index is 2690. The zero-order valence-corrected chi connectivity index (χ0v) is 35.4. The van der Waals surface area contributed by atoms with Crippen LogP contribution in [-0.4, -0.2) is 145 Å². The number of nitrogens with zero attached hydrogens (tertiary/aromatic N) is 7. The summed E-state index contributed by atoms with van der Waals surface area (Å²) >= 11 is 0. The number of phosphoric ester groups is 1. The van der Waals surface area contributed by atoms with E-state index >= 15 is 0 Å². The number of aromatic amines is 1. The normalized spacial score (nSPS) is 19.4. The van der Waals surface area contributed by atoms with Crippen molar-refractivity contribution in [2.75, 3.05) is 36.5 Å². The van der Waals surface area contributed by atoms with Crippen molar-refractivity contribution in [3.8, 4) is 0 Å². The molecule has 8 atom stereocenters.